The van der Waals surface area contributed by atoms with Crippen molar-refractivity contribution >= 4 is 40.0 Å². The Morgan fingerprint density at radius 2 is 1.25 bits per heavy atom. The molecule has 0 spiro atoms. The molecule has 4 amide bonds. The van der Waals surface area contributed by atoms with Crippen LogP contribution in [-0.4, -0.2) is 55.7 Å². The van der Waals surface area contributed by atoms with E-state index in [1.165, 1.54) is 0 Å². The van der Waals surface area contributed by atoms with Crippen molar-refractivity contribution in [2.24, 2.45) is 0 Å². The van der Waals surface area contributed by atoms with Crippen LogP contribution in [0.3, 0.4) is 0 Å². The Hall–Kier alpha value is -4.33. The summed E-state index contributed by atoms with van der Waals surface area (Å²) >= 11 is 0. The Morgan fingerprint density at radius 1 is 0.745 bits per heavy atom. The lowest BCUT2D eigenvalue weighted by molar-refractivity contribution is -0.119. The maximum Gasteiger partial charge on any atom is 0.409 e. The average Bonchev–Trinajstić information content (AvgIpc) is 3.02. The van der Waals surface area contributed by atoms with Gasteiger partial charge in [0.2, 0.25) is 11.8 Å². The fraction of sp³-hybridized carbons (Fsp3) is 0.610. The number of unbranched alkanes of at least 4 members (excludes halogenated alkanes) is 1. The van der Waals surface area contributed by atoms with Gasteiger partial charge < -0.3 is 30.0 Å². The van der Waals surface area contributed by atoms with Gasteiger partial charge in [0, 0.05) is 23.4 Å². The maximum absolute atomic E-state index is 13.7. The summed E-state index contributed by atoms with van der Waals surface area (Å²) < 4.78 is 40.3. The summed E-state index contributed by atoms with van der Waals surface area (Å²) in [5.41, 5.74) is 4.47. The van der Waals surface area contributed by atoms with Crippen LogP contribution >= 0.6 is 0 Å². The minimum absolute atomic E-state index is 0.0599. The third-order valence-electron chi connectivity index (χ3n) is 8.88. The Morgan fingerprint density at radius 3 is 1.69 bits per heavy atom. The van der Waals surface area contributed by atoms with Gasteiger partial charge in [-0.3, -0.25) is 9.59 Å². The van der Waals surface area contributed by atoms with Crippen molar-refractivity contribution in [3.05, 3.63) is 57.6 Å². The highest BCUT2D eigenvalue weighted by Gasteiger charge is 2.28. The number of amides is 4. The number of nitrogens with one attached hydrogen (secondary N) is 4. The minimum Gasteiger partial charge on any atom is -0.465 e. The zero-order valence-corrected chi connectivity index (χ0v) is 35.7. The number of carbonyl (C=O) groups excluding carboxylic acids is 3. The first-order valence-corrected chi connectivity index (χ1v) is 20.6. The highest BCUT2D eigenvalue weighted by Crippen LogP contribution is 2.39. The molecular formula is C41H64N4O9S. The zero-order valence-electron chi connectivity index (χ0n) is 34.9. The summed E-state index contributed by atoms with van der Waals surface area (Å²) in [6.07, 6.45) is -1.04. The van der Waals surface area contributed by atoms with Crippen LogP contribution in [0.25, 0.3) is 0 Å². The van der Waals surface area contributed by atoms with E-state index >= 15 is 0 Å². The number of alkyl carbamates (subject to hydrolysis) is 1. The molecule has 0 aliphatic rings. The molecule has 55 heavy (non-hydrogen) atoms. The standard InChI is InChI=1S/C41H64N4O9S/c1-23(2)28-18-30(24(3)4)34(31(19-28)25(5)6)22-36(46)45-55(51,52)54-37-32(26(7)8)20-29(21-33(37)27(9)10)43-38(47)35(16-14-15-17-42-39(48)49)44-40(50)53-41(11,12)13/h18-21,23-27,35,42H,14-17,22H2,1-13H3,(H,43,47)(H,44,50)(H,45,46)(H,48,49). The molecular weight excluding hydrogens is 725 g/mol. The van der Waals surface area contributed by atoms with Gasteiger partial charge in [0.05, 0.1) is 6.42 Å². The van der Waals surface area contributed by atoms with Gasteiger partial charge in [-0.2, -0.15) is 8.42 Å². The highest BCUT2D eigenvalue weighted by molar-refractivity contribution is 7.85. The van der Waals surface area contributed by atoms with Gasteiger partial charge in [0.1, 0.15) is 11.6 Å². The van der Waals surface area contributed by atoms with Gasteiger partial charge in [-0.05, 0) is 104 Å². The molecule has 1 unspecified atom stereocenters. The summed E-state index contributed by atoms with van der Waals surface area (Å²) in [4.78, 5) is 50.6. The Kier molecular flexibility index (Phi) is 17.0. The number of carbonyl (C=O) groups is 4. The van der Waals surface area contributed by atoms with Crippen LogP contribution in [0.1, 0.15) is 172 Å². The molecule has 0 aromatic heterocycles. The van der Waals surface area contributed by atoms with Crippen LogP contribution in [0, 0.1) is 0 Å². The summed E-state index contributed by atoms with van der Waals surface area (Å²) in [5.74, 6) is -1.24. The van der Waals surface area contributed by atoms with Gasteiger partial charge >= 0.3 is 22.5 Å². The second-order valence-electron chi connectivity index (χ2n) is 16.6. The number of hydrogen-bond acceptors (Lipinski definition) is 8. The summed E-state index contributed by atoms with van der Waals surface area (Å²) in [6, 6.07) is 6.42. The fourth-order valence-corrected chi connectivity index (χ4v) is 6.90. The fourth-order valence-electron chi connectivity index (χ4n) is 6.09. The summed E-state index contributed by atoms with van der Waals surface area (Å²) in [5, 5.41) is 16.6. The molecule has 13 nitrogen and oxygen atoms in total. The predicted octanol–water partition coefficient (Wildman–Crippen LogP) is 8.56. The largest absolute Gasteiger partial charge is 0.465 e. The van der Waals surface area contributed by atoms with Crippen molar-refractivity contribution in [2.45, 2.75) is 157 Å². The van der Waals surface area contributed by atoms with E-state index in [1.807, 2.05) is 27.7 Å². The van der Waals surface area contributed by atoms with Crippen LogP contribution in [-0.2, 0) is 31.1 Å². The average molecular weight is 789 g/mol. The molecule has 0 aliphatic carbocycles. The van der Waals surface area contributed by atoms with Crippen molar-refractivity contribution in [1.29, 1.82) is 0 Å². The van der Waals surface area contributed by atoms with Crippen LogP contribution in [0.4, 0.5) is 15.3 Å². The molecule has 0 heterocycles. The van der Waals surface area contributed by atoms with Crippen molar-refractivity contribution in [3.8, 4) is 5.75 Å². The number of carboxylic acid groups (broad SMARTS) is 1. The Bertz CT molecular complexity index is 1720. The lowest BCUT2D eigenvalue weighted by atomic mass is 9.83. The molecule has 5 N–H and O–H groups in total. The minimum atomic E-state index is -4.64. The van der Waals surface area contributed by atoms with Crippen LogP contribution in [0.5, 0.6) is 5.75 Å². The van der Waals surface area contributed by atoms with Crippen molar-refractivity contribution < 1.29 is 41.6 Å². The molecule has 308 valence electrons. The molecule has 0 fully saturated rings. The number of rotatable bonds is 18. The van der Waals surface area contributed by atoms with Gasteiger partial charge in [-0.15, -0.1) is 0 Å². The molecule has 0 saturated carbocycles. The third kappa shape index (κ3) is 15.0. The van der Waals surface area contributed by atoms with Crippen LogP contribution in [0.15, 0.2) is 24.3 Å². The molecule has 1 atom stereocenters. The number of anilines is 1. The van der Waals surface area contributed by atoms with Crippen molar-refractivity contribution in [3.63, 3.8) is 0 Å². The van der Waals surface area contributed by atoms with Gasteiger partial charge in [-0.1, -0.05) is 81.4 Å². The van der Waals surface area contributed by atoms with E-state index in [4.69, 9.17) is 14.0 Å². The highest BCUT2D eigenvalue weighted by atomic mass is 32.2. The molecule has 0 saturated heterocycles. The molecule has 0 bridgehead atoms. The first kappa shape index (κ1) is 46.8. The van der Waals surface area contributed by atoms with E-state index in [2.05, 4.69) is 74.3 Å². The number of benzene rings is 2. The lowest BCUT2D eigenvalue weighted by Gasteiger charge is -2.25. The SMILES string of the molecule is CC(C)c1cc(C(C)C)c(CC(=O)NS(=O)(=O)Oc2c(C(C)C)cc(NC(=O)C(CCCCNC(=O)O)NC(=O)OC(C)(C)C)cc2C(C)C)c(C(C)C)c1. The smallest absolute Gasteiger partial charge is 0.409 e. The molecule has 2 aromatic carbocycles. The monoisotopic (exact) mass is 788 g/mol. The van der Waals surface area contributed by atoms with E-state index in [0.717, 1.165) is 22.3 Å². The quantitative estimate of drug-likeness (QED) is 0.0922. The van der Waals surface area contributed by atoms with Crippen LogP contribution in [0.2, 0.25) is 0 Å². The predicted molar refractivity (Wildman–Crippen MR) is 216 cm³/mol. The van der Waals surface area contributed by atoms with E-state index in [0.29, 0.717) is 29.7 Å². The normalized spacial score (nSPS) is 12.6. The van der Waals surface area contributed by atoms with Crippen molar-refractivity contribution in [2.75, 3.05) is 11.9 Å². The van der Waals surface area contributed by atoms with E-state index in [-0.39, 0.29) is 54.7 Å². The Labute approximate surface area is 328 Å². The molecule has 2 rings (SSSR count). The first-order chi connectivity index (χ1) is 25.3. The topological polar surface area (TPSA) is 189 Å². The molecule has 2 aromatic rings. The molecule has 0 aliphatic heterocycles. The second kappa shape index (κ2) is 20.0. The zero-order chi connectivity index (χ0) is 42.0. The maximum atomic E-state index is 13.7. The van der Waals surface area contributed by atoms with Gasteiger partial charge in [-0.25, -0.2) is 14.3 Å². The Balaban J connectivity index is 2.43. The number of ether oxygens (including phenoxy) is 1. The van der Waals surface area contributed by atoms with E-state index in [9.17, 15) is 27.6 Å². The first-order valence-electron chi connectivity index (χ1n) is 19.2. The second-order valence-corrected chi connectivity index (χ2v) is 17.9. The van der Waals surface area contributed by atoms with E-state index in [1.54, 1.807) is 32.9 Å². The van der Waals surface area contributed by atoms with Crippen molar-refractivity contribution in [1.82, 2.24) is 15.4 Å². The third-order valence-corrected chi connectivity index (χ3v) is 9.75. The molecule has 0 radical (unpaired) electrons. The van der Waals surface area contributed by atoms with Gasteiger partial charge in [0.25, 0.3) is 0 Å². The van der Waals surface area contributed by atoms with Gasteiger partial charge in [0.15, 0.2) is 5.75 Å². The number of hydrogen-bond donors (Lipinski definition) is 5. The van der Waals surface area contributed by atoms with Crippen LogP contribution < -0.4 is 24.9 Å². The molecule has 14 heteroatoms. The lowest BCUT2D eigenvalue weighted by Crippen LogP contribution is -2.45. The summed E-state index contributed by atoms with van der Waals surface area (Å²) in [6.45, 7) is 25.1. The van der Waals surface area contributed by atoms with E-state index < -0.39 is 45.9 Å². The summed E-state index contributed by atoms with van der Waals surface area (Å²) in [7, 11) is -4.64.